The smallest absolute Gasteiger partial charge is 0.271 e. The van der Waals surface area contributed by atoms with Crippen molar-refractivity contribution in [2.75, 3.05) is 5.32 Å². The summed E-state index contributed by atoms with van der Waals surface area (Å²) in [6.45, 7) is 2.24. The van der Waals surface area contributed by atoms with Gasteiger partial charge in [0.1, 0.15) is 0 Å². The number of hydrogen-bond acceptors (Lipinski definition) is 4. The van der Waals surface area contributed by atoms with Crippen LogP contribution in [-0.2, 0) is 0 Å². The molecule has 2 atom stereocenters. The van der Waals surface area contributed by atoms with Crippen molar-refractivity contribution in [2.45, 2.75) is 38.6 Å². The number of primary amides is 1. The Morgan fingerprint density at radius 3 is 2.95 bits per heavy atom. The minimum Gasteiger partial charge on any atom is -0.379 e. The number of nitrogens with two attached hydrogens (primary N) is 1. The maximum Gasteiger partial charge on any atom is 0.271 e. The summed E-state index contributed by atoms with van der Waals surface area (Å²) in [5, 5.41) is 12.3. The molecule has 1 saturated carbocycles. The number of rotatable bonds is 3. The Morgan fingerprint density at radius 2 is 2.20 bits per heavy atom. The maximum atomic E-state index is 11.6. The molecule has 0 unspecified atom stereocenters. The number of carbonyl (C=O) groups excluding carboxylic acids is 1. The number of carbonyl (C=O) groups is 1. The fourth-order valence-electron chi connectivity index (χ4n) is 2.96. The lowest BCUT2D eigenvalue weighted by atomic mass is 9.85. The predicted molar refractivity (Wildman–Crippen MR) is 77.4 cm³/mol. The summed E-state index contributed by atoms with van der Waals surface area (Å²) in [5.74, 6) is 0.0261. The van der Waals surface area contributed by atoms with E-state index in [1.807, 2.05) is 6.07 Å². The van der Waals surface area contributed by atoms with Crippen LogP contribution in [0, 0.1) is 5.92 Å². The molecule has 0 bridgehead atoms. The van der Waals surface area contributed by atoms with E-state index in [2.05, 4.69) is 27.4 Å². The third-order valence-electron chi connectivity index (χ3n) is 4.16. The van der Waals surface area contributed by atoms with Gasteiger partial charge in [-0.3, -0.25) is 4.79 Å². The molecule has 1 amide bonds. The fraction of sp³-hybridized carbons (Fsp3) is 0.500. The van der Waals surface area contributed by atoms with Crippen LogP contribution in [0.5, 0.6) is 0 Å². The highest BCUT2D eigenvalue weighted by Gasteiger charge is 2.24. The van der Waals surface area contributed by atoms with E-state index in [4.69, 9.17) is 5.73 Å². The van der Waals surface area contributed by atoms with Crippen LogP contribution in [0.4, 0.5) is 5.69 Å². The molecular weight excluding hydrogens is 254 g/mol. The zero-order valence-corrected chi connectivity index (χ0v) is 11.5. The second-order valence-corrected chi connectivity index (χ2v) is 5.54. The SMILES string of the molecule is C[C@H]1CCCC[C@H]1Nc1c(C(N)=O)nnc2[nH]ccc12. The van der Waals surface area contributed by atoms with Crippen molar-refractivity contribution in [3.8, 4) is 0 Å². The Morgan fingerprint density at radius 1 is 1.40 bits per heavy atom. The first-order chi connectivity index (χ1) is 9.66. The van der Waals surface area contributed by atoms with Gasteiger partial charge in [0, 0.05) is 17.6 Å². The molecule has 0 saturated heterocycles. The summed E-state index contributed by atoms with van der Waals surface area (Å²) in [5.41, 5.74) is 7.02. The first-order valence-electron chi connectivity index (χ1n) is 7.07. The zero-order chi connectivity index (χ0) is 14.1. The quantitative estimate of drug-likeness (QED) is 0.797. The van der Waals surface area contributed by atoms with E-state index >= 15 is 0 Å². The van der Waals surface area contributed by atoms with Gasteiger partial charge < -0.3 is 16.0 Å². The standard InChI is InChI=1S/C14H19N5O/c1-8-4-2-3-5-10(8)17-11-9-6-7-16-14(9)19-18-12(11)13(15)20/h6-8,10H,2-5H2,1H3,(H2,15,20)(H2,16,17,19)/t8-,10+/m0/s1. The van der Waals surface area contributed by atoms with Gasteiger partial charge in [0.05, 0.1) is 5.69 Å². The maximum absolute atomic E-state index is 11.6. The molecule has 0 spiro atoms. The predicted octanol–water partition coefficient (Wildman–Crippen LogP) is 2.05. The lowest BCUT2D eigenvalue weighted by Gasteiger charge is -2.30. The molecule has 2 heterocycles. The highest BCUT2D eigenvalue weighted by atomic mass is 16.1. The number of nitrogens with one attached hydrogen (secondary N) is 2. The van der Waals surface area contributed by atoms with Crippen molar-refractivity contribution in [1.82, 2.24) is 15.2 Å². The number of hydrogen-bond donors (Lipinski definition) is 3. The van der Waals surface area contributed by atoms with E-state index in [1.54, 1.807) is 6.20 Å². The van der Waals surface area contributed by atoms with Gasteiger partial charge in [-0.1, -0.05) is 19.8 Å². The third kappa shape index (κ3) is 2.21. The minimum atomic E-state index is -0.549. The van der Waals surface area contributed by atoms with Crippen LogP contribution < -0.4 is 11.1 Å². The van der Waals surface area contributed by atoms with Crippen molar-refractivity contribution < 1.29 is 4.79 Å². The van der Waals surface area contributed by atoms with Gasteiger partial charge in [0.25, 0.3) is 5.91 Å². The lowest BCUT2D eigenvalue weighted by Crippen LogP contribution is -2.31. The average molecular weight is 273 g/mol. The van der Waals surface area contributed by atoms with Gasteiger partial charge in [0.2, 0.25) is 0 Å². The van der Waals surface area contributed by atoms with E-state index < -0.39 is 5.91 Å². The molecule has 6 nitrogen and oxygen atoms in total. The second-order valence-electron chi connectivity index (χ2n) is 5.54. The second kappa shape index (κ2) is 5.11. The number of aromatic amines is 1. The summed E-state index contributed by atoms with van der Waals surface area (Å²) in [6, 6.07) is 2.25. The van der Waals surface area contributed by atoms with Crippen LogP contribution >= 0.6 is 0 Å². The van der Waals surface area contributed by atoms with Crippen molar-refractivity contribution in [1.29, 1.82) is 0 Å². The Bertz CT molecular complexity index is 636. The molecule has 1 fully saturated rings. The molecule has 106 valence electrons. The molecule has 4 N–H and O–H groups in total. The summed E-state index contributed by atoms with van der Waals surface area (Å²) in [7, 11) is 0. The van der Waals surface area contributed by atoms with E-state index in [9.17, 15) is 4.79 Å². The topological polar surface area (TPSA) is 96.7 Å². The Balaban J connectivity index is 2.01. The number of amides is 1. The van der Waals surface area contributed by atoms with Crippen LogP contribution in [0.2, 0.25) is 0 Å². The van der Waals surface area contributed by atoms with Crippen LogP contribution in [0.1, 0.15) is 43.1 Å². The number of fused-ring (bicyclic) bond motifs is 1. The summed E-state index contributed by atoms with van der Waals surface area (Å²) < 4.78 is 0. The summed E-state index contributed by atoms with van der Waals surface area (Å²) in [6.07, 6.45) is 6.59. The normalized spacial score (nSPS) is 22.9. The van der Waals surface area contributed by atoms with Crippen molar-refractivity contribution in [3.05, 3.63) is 18.0 Å². The van der Waals surface area contributed by atoms with Gasteiger partial charge in [0.15, 0.2) is 11.3 Å². The molecule has 2 aromatic rings. The molecule has 0 radical (unpaired) electrons. The van der Waals surface area contributed by atoms with Gasteiger partial charge in [-0.2, -0.15) is 0 Å². The largest absolute Gasteiger partial charge is 0.379 e. The van der Waals surface area contributed by atoms with Gasteiger partial charge in [-0.05, 0) is 24.8 Å². The van der Waals surface area contributed by atoms with E-state index in [0.29, 0.717) is 23.3 Å². The summed E-state index contributed by atoms with van der Waals surface area (Å²) >= 11 is 0. The van der Waals surface area contributed by atoms with Crippen LogP contribution in [0.3, 0.4) is 0 Å². The third-order valence-corrected chi connectivity index (χ3v) is 4.16. The molecule has 6 heteroatoms. The van der Waals surface area contributed by atoms with Gasteiger partial charge in [-0.25, -0.2) is 0 Å². The Labute approximate surface area is 117 Å². The Kier molecular flexibility index (Phi) is 3.30. The molecule has 1 aliphatic rings. The first kappa shape index (κ1) is 12.9. The lowest BCUT2D eigenvalue weighted by molar-refractivity contribution is 0.0995. The fourth-order valence-corrected chi connectivity index (χ4v) is 2.96. The number of aromatic nitrogens is 3. The van der Waals surface area contributed by atoms with E-state index in [1.165, 1.54) is 19.3 Å². The molecule has 1 aliphatic carbocycles. The molecule has 3 rings (SSSR count). The molecule has 20 heavy (non-hydrogen) atoms. The van der Waals surface area contributed by atoms with Crippen LogP contribution in [-0.4, -0.2) is 27.1 Å². The van der Waals surface area contributed by atoms with E-state index in [-0.39, 0.29) is 5.69 Å². The zero-order valence-electron chi connectivity index (χ0n) is 11.5. The number of H-pyrrole nitrogens is 1. The number of anilines is 1. The highest BCUT2D eigenvalue weighted by Crippen LogP contribution is 2.30. The van der Waals surface area contributed by atoms with Crippen LogP contribution in [0.15, 0.2) is 12.3 Å². The van der Waals surface area contributed by atoms with Crippen molar-refractivity contribution in [2.24, 2.45) is 11.7 Å². The van der Waals surface area contributed by atoms with Crippen molar-refractivity contribution >= 4 is 22.6 Å². The monoisotopic (exact) mass is 273 g/mol. The van der Waals surface area contributed by atoms with E-state index in [0.717, 1.165) is 11.8 Å². The first-order valence-corrected chi connectivity index (χ1v) is 7.07. The minimum absolute atomic E-state index is 0.217. The van der Waals surface area contributed by atoms with Crippen molar-refractivity contribution in [3.63, 3.8) is 0 Å². The molecular formula is C14H19N5O. The van der Waals surface area contributed by atoms with Gasteiger partial charge in [-0.15, -0.1) is 10.2 Å². The van der Waals surface area contributed by atoms with Crippen LogP contribution in [0.25, 0.3) is 11.0 Å². The highest BCUT2D eigenvalue weighted by molar-refractivity contribution is 6.04. The average Bonchev–Trinajstić information content (AvgIpc) is 2.90. The number of nitrogens with zero attached hydrogens (tertiary/aromatic N) is 2. The summed E-state index contributed by atoms with van der Waals surface area (Å²) in [4.78, 5) is 14.6. The molecule has 2 aromatic heterocycles. The molecule has 0 aliphatic heterocycles. The van der Waals surface area contributed by atoms with Gasteiger partial charge >= 0.3 is 0 Å². The Hall–Kier alpha value is -2.11. The molecule has 0 aromatic carbocycles.